The van der Waals surface area contributed by atoms with E-state index in [1.54, 1.807) is 12.3 Å². The number of benzene rings is 2. The average Bonchev–Trinajstić information content (AvgIpc) is 3.38. The van der Waals surface area contributed by atoms with Crippen LogP contribution < -0.4 is 9.80 Å². The lowest BCUT2D eigenvalue weighted by Crippen LogP contribution is -2.59. The SMILES string of the molecule is C=CC(=O)N1C[C@H](C)N(c2nc(N3CC(N(C)C)C3)nc3c(F)c(-c4c(C)ccc5occc45)c(Cl)cc23)C[C@H]1C. The highest BCUT2D eigenvalue weighted by atomic mass is 35.5. The summed E-state index contributed by atoms with van der Waals surface area (Å²) < 4.78 is 22.4. The van der Waals surface area contributed by atoms with Crippen LogP contribution in [0.4, 0.5) is 16.2 Å². The lowest BCUT2D eigenvalue weighted by atomic mass is 9.95. The monoisotopic (exact) mass is 576 g/mol. The van der Waals surface area contributed by atoms with E-state index >= 15 is 4.39 Å². The zero-order chi connectivity index (χ0) is 29.2. The van der Waals surface area contributed by atoms with Gasteiger partial charge in [-0.15, -0.1) is 0 Å². The van der Waals surface area contributed by atoms with Crippen LogP contribution in [0.25, 0.3) is 33.0 Å². The van der Waals surface area contributed by atoms with Gasteiger partial charge >= 0.3 is 0 Å². The first-order valence-corrected chi connectivity index (χ1v) is 14.2. The Morgan fingerprint density at radius 3 is 2.56 bits per heavy atom. The minimum Gasteiger partial charge on any atom is -0.464 e. The van der Waals surface area contributed by atoms with Crippen molar-refractivity contribution in [1.29, 1.82) is 0 Å². The van der Waals surface area contributed by atoms with Crippen molar-refractivity contribution in [3.05, 3.63) is 59.6 Å². The Bertz CT molecular complexity index is 1680. The molecule has 41 heavy (non-hydrogen) atoms. The molecule has 1 amide bonds. The number of hydrogen-bond acceptors (Lipinski definition) is 7. The zero-order valence-corrected chi connectivity index (χ0v) is 24.7. The lowest BCUT2D eigenvalue weighted by molar-refractivity contribution is -0.128. The van der Waals surface area contributed by atoms with Gasteiger partial charge in [0.25, 0.3) is 0 Å². The molecular formula is C31H34ClFN6O2. The van der Waals surface area contributed by atoms with Gasteiger partial charge in [0, 0.05) is 66.2 Å². The zero-order valence-electron chi connectivity index (χ0n) is 24.0. The van der Waals surface area contributed by atoms with E-state index in [1.807, 2.05) is 43.9 Å². The van der Waals surface area contributed by atoms with E-state index < -0.39 is 5.82 Å². The fourth-order valence-electron chi connectivity index (χ4n) is 6.03. The fourth-order valence-corrected chi connectivity index (χ4v) is 6.32. The van der Waals surface area contributed by atoms with Crippen LogP contribution in [0.5, 0.6) is 0 Å². The molecule has 0 unspecified atom stereocenters. The third-order valence-electron chi connectivity index (χ3n) is 8.54. The van der Waals surface area contributed by atoms with Crippen molar-refractivity contribution in [3.63, 3.8) is 0 Å². The smallest absolute Gasteiger partial charge is 0.246 e. The van der Waals surface area contributed by atoms with Crippen molar-refractivity contribution in [2.75, 3.05) is 50.1 Å². The molecule has 2 atom stereocenters. The number of fused-ring (bicyclic) bond motifs is 2. The summed E-state index contributed by atoms with van der Waals surface area (Å²) in [6.45, 7) is 12.2. The third kappa shape index (κ3) is 4.51. The van der Waals surface area contributed by atoms with E-state index in [9.17, 15) is 4.79 Å². The van der Waals surface area contributed by atoms with Crippen LogP contribution >= 0.6 is 11.6 Å². The van der Waals surface area contributed by atoms with Crippen LogP contribution in [-0.2, 0) is 4.79 Å². The molecule has 2 aliphatic rings. The highest BCUT2D eigenvalue weighted by Crippen LogP contribution is 2.43. The summed E-state index contributed by atoms with van der Waals surface area (Å²) in [6, 6.07) is 7.62. The van der Waals surface area contributed by atoms with Crippen molar-refractivity contribution < 1.29 is 13.6 Å². The number of nitrogens with zero attached hydrogens (tertiary/aromatic N) is 6. The number of carbonyl (C=O) groups excluding carboxylic acids is 1. The van der Waals surface area contributed by atoms with Gasteiger partial charge in [0.15, 0.2) is 5.82 Å². The van der Waals surface area contributed by atoms with Gasteiger partial charge in [0.2, 0.25) is 11.9 Å². The molecule has 0 bridgehead atoms. The van der Waals surface area contributed by atoms with Crippen molar-refractivity contribution in [2.24, 2.45) is 0 Å². The van der Waals surface area contributed by atoms with Gasteiger partial charge in [0.05, 0.1) is 11.3 Å². The number of aryl methyl sites for hydroxylation is 1. The van der Waals surface area contributed by atoms with Crippen molar-refractivity contribution in [2.45, 2.75) is 38.9 Å². The van der Waals surface area contributed by atoms with Crippen LogP contribution in [0.15, 0.2) is 47.6 Å². The number of rotatable bonds is 5. The number of hydrogen-bond donors (Lipinski definition) is 0. The third-order valence-corrected chi connectivity index (χ3v) is 8.83. The standard InChI is InChI=1S/C31H34ClFN6O2/c1-7-25(40)38-13-19(4)39(14-18(38)3)30-22-12-23(32)27(26-17(2)8-9-24-21(26)10-11-41-24)28(33)29(22)34-31(35-30)37-15-20(16-37)36(5)6/h7-12,18-20H,1,13-16H2,2-6H3/t18-,19+/m1/s1. The second-order valence-electron chi connectivity index (χ2n) is 11.4. The minimum atomic E-state index is -0.486. The van der Waals surface area contributed by atoms with Crippen molar-refractivity contribution in [3.8, 4) is 11.1 Å². The van der Waals surface area contributed by atoms with Gasteiger partial charge in [-0.3, -0.25) is 4.79 Å². The maximum atomic E-state index is 16.8. The molecule has 2 aromatic carbocycles. The lowest BCUT2D eigenvalue weighted by Gasteiger charge is -2.45. The van der Waals surface area contributed by atoms with E-state index in [-0.39, 0.29) is 28.5 Å². The van der Waals surface area contributed by atoms with E-state index in [0.29, 0.717) is 53.0 Å². The van der Waals surface area contributed by atoms with Gasteiger partial charge in [-0.25, -0.2) is 9.37 Å². The van der Waals surface area contributed by atoms with E-state index in [2.05, 4.69) is 35.4 Å². The molecule has 0 aliphatic carbocycles. The second-order valence-corrected chi connectivity index (χ2v) is 11.9. The summed E-state index contributed by atoms with van der Waals surface area (Å²) in [5, 5.41) is 1.62. The Morgan fingerprint density at radius 2 is 1.85 bits per heavy atom. The molecule has 0 N–H and O–H groups in total. The Morgan fingerprint density at radius 1 is 1.10 bits per heavy atom. The van der Waals surface area contributed by atoms with Gasteiger partial charge < -0.3 is 24.0 Å². The predicted molar refractivity (Wildman–Crippen MR) is 162 cm³/mol. The quantitative estimate of drug-likeness (QED) is 0.290. The van der Waals surface area contributed by atoms with E-state index in [0.717, 1.165) is 24.0 Å². The number of likely N-dealkylation sites (N-methyl/N-ethyl adjacent to an activating group) is 1. The van der Waals surface area contributed by atoms with Crippen molar-refractivity contribution in [1.82, 2.24) is 19.8 Å². The minimum absolute atomic E-state index is 0.0737. The van der Waals surface area contributed by atoms with Crippen LogP contribution in [0.3, 0.4) is 0 Å². The molecule has 0 spiro atoms. The van der Waals surface area contributed by atoms with Crippen LogP contribution in [0.1, 0.15) is 19.4 Å². The highest BCUT2D eigenvalue weighted by molar-refractivity contribution is 6.35. The number of carbonyl (C=O) groups is 1. The molecule has 8 nitrogen and oxygen atoms in total. The summed E-state index contributed by atoms with van der Waals surface area (Å²) in [6.07, 6.45) is 2.95. The summed E-state index contributed by atoms with van der Waals surface area (Å²) in [7, 11) is 4.10. The summed E-state index contributed by atoms with van der Waals surface area (Å²) in [4.78, 5) is 30.5. The molecule has 10 heteroatoms. The van der Waals surface area contributed by atoms with Crippen LogP contribution in [-0.4, -0.2) is 84.1 Å². The molecule has 4 aromatic rings. The summed E-state index contributed by atoms with van der Waals surface area (Å²) in [5.41, 5.74) is 2.77. The molecule has 214 valence electrons. The largest absolute Gasteiger partial charge is 0.464 e. The summed E-state index contributed by atoms with van der Waals surface area (Å²) in [5.74, 6) is 0.518. The first-order valence-electron chi connectivity index (χ1n) is 13.9. The number of halogens is 2. The summed E-state index contributed by atoms with van der Waals surface area (Å²) >= 11 is 6.91. The molecule has 2 aromatic heterocycles. The average molecular weight is 577 g/mol. The maximum absolute atomic E-state index is 16.8. The molecule has 4 heterocycles. The Hall–Kier alpha value is -3.69. The van der Waals surface area contributed by atoms with Crippen LogP contribution in [0, 0.1) is 12.7 Å². The number of aromatic nitrogens is 2. The Labute approximate surface area is 244 Å². The number of piperazine rings is 1. The number of anilines is 2. The van der Waals surface area contributed by atoms with E-state index in [1.165, 1.54) is 6.08 Å². The first kappa shape index (κ1) is 27.5. The molecule has 6 rings (SSSR count). The second kappa shape index (κ2) is 10.3. The molecule has 0 radical (unpaired) electrons. The molecule has 2 aliphatic heterocycles. The molecule has 2 saturated heterocycles. The molecule has 2 fully saturated rings. The maximum Gasteiger partial charge on any atom is 0.246 e. The van der Waals surface area contributed by atoms with Crippen molar-refractivity contribution >= 4 is 51.1 Å². The van der Waals surface area contributed by atoms with Gasteiger partial charge in [-0.1, -0.05) is 24.2 Å². The molecule has 0 saturated carbocycles. The van der Waals surface area contributed by atoms with E-state index in [4.69, 9.17) is 26.0 Å². The van der Waals surface area contributed by atoms with Gasteiger partial charge in [-0.2, -0.15) is 4.98 Å². The number of furan rings is 1. The first-order chi connectivity index (χ1) is 19.6. The predicted octanol–water partition coefficient (Wildman–Crippen LogP) is 5.51. The Balaban J connectivity index is 1.54. The van der Waals surface area contributed by atoms with Crippen LogP contribution in [0.2, 0.25) is 5.02 Å². The fraction of sp³-hybridized carbons (Fsp3) is 0.387. The molecular weight excluding hydrogens is 543 g/mol. The number of amides is 1. The van der Waals surface area contributed by atoms with Gasteiger partial charge in [-0.05, 0) is 64.7 Å². The Kier molecular flexibility index (Phi) is 6.90. The van der Waals surface area contributed by atoms with Gasteiger partial charge in [0.1, 0.15) is 16.9 Å². The normalized spacial score (nSPS) is 19.9. The topological polar surface area (TPSA) is 69.0 Å². The highest BCUT2D eigenvalue weighted by Gasteiger charge is 2.36.